The fourth-order valence-corrected chi connectivity index (χ4v) is 2.16. The average Bonchev–Trinajstić information content (AvgIpc) is 2.06. The second kappa shape index (κ2) is 9.40. The van der Waals surface area contributed by atoms with Crippen molar-refractivity contribution in [3.05, 3.63) is 0 Å². The van der Waals surface area contributed by atoms with Gasteiger partial charge >= 0.3 is 0 Å². The summed E-state index contributed by atoms with van der Waals surface area (Å²) in [4.78, 5) is 0. The van der Waals surface area contributed by atoms with Crippen LogP contribution in [0.25, 0.3) is 0 Å². The van der Waals surface area contributed by atoms with Crippen LogP contribution in [0, 0.1) is 0 Å². The maximum Gasteiger partial charge on any atom is 0.170 e. The summed E-state index contributed by atoms with van der Waals surface area (Å²) in [7, 11) is 1.35. The Morgan fingerprint density at radius 3 is 2.17 bits per heavy atom. The van der Waals surface area contributed by atoms with Gasteiger partial charge in [-0.15, -0.1) is 0 Å². The first-order valence-corrected chi connectivity index (χ1v) is 5.89. The molecule has 0 aromatic rings. The zero-order valence-electron chi connectivity index (χ0n) is 8.30. The number of nitrogens with one attached hydrogen (secondary N) is 1. The Bertz CT molecular complexity index is 87.1. The van der Waals surface area contributed by atoms with E-state index in [0.29, 0.717) is 0 Å². The van der Waals surface area contributed by atoms with Gasteiger partial charge in [0.25, 0.3) is 0 Å². The third-order valence-corrected chi connectivity index (χ3v) is 3.09. The molecule has 0 bridgehead atoms. The van der Waals surface area contributed by atoms with Gasteiger partial charge in [0.05, 0.1) is 13.2 Å². The highest BCUT2D eigenvalue weighted by molar-refractivity contribution is 7.47. The molecule has 0 aliphatic carbocycles. The fraction of sp³-hybridized carbons (Fsp3) is 1.00. The van der Waals surface area contributed by atoms with E-state index in [1.54, 1.807) is 0 Å². The molecule has 0 saturated heterocycles. The van der Waals surface area contributed by atoms with Crippen LogP contribution < -0.4 is 5.32 Å². The second-order valence-corrected chi connectivity index (χ2v) is 3.98. The Morgan fingerprint density at radius 2 is 1.75 bits per heavy atom. The average molecular weight is 193 g/mol. The first kappa shape index (κ1) is 12.3. The lowest BCUT2D eigenvalue weighted by molar-refractivity contribution is 0.269. The summed E-state index contributed by atoms with van der Waals surface area (Å²) in [5, 5.41) is 3.11. The monoisotopic (exact) mass is 193 g/mol. The van der Waals surface area contributed by atoms with E-state index in [9.17, 15) is 0 Å². The summed E-state index contributed by atoms with van der Waals surface area (Å²) < 4.78 is 10.9. The normalized spacial score (nSPS) is 11.0. The van der Waals surface area contributed by atoms with Crippen molar-refractivity contribution in [3.63, 3.8) is 0 Å². The number of hydrogen-bond donors (Lipinski definition) is 1. The van der Waals surface area contributed by atoms with Gasteiger partial charge in [0.15, 0.2) is 8.38 Å². The highest BCUT2D eigenvalue weighted by Crippen LogP contribution is 2.38. The highest BCUT2D eigenvalue weighted by Gasteiger charge is 2.07. The molecular weight excluding hydrogens is 173 g/mol. The summed E-state index contributed by atoms with van der Waals surface area (Å²) in [6.45, 7) is 6.56. The fourth-order valence-electron chi connectivity index (χ4n) is 0.839. The molecule has 0 aliphatic heterocycles. The molecule has 0 fully saturated rings. The molecular formula is C8H20NO2P. The van der Waals surface area contributed by atoms with Gasteiger partial charge in [0, 0.05) is 6.16 Å². The van der Waals surface area contributed by atoms with Gasteiger partial charge in [-0.25, -0.2) is 0 Å². The van der Waals surface area contributed by atoms with E-state index >= 15 is 0 Å². The number of hydrogen-bond acceptors (Lipinski definition) is 3. The molecule has 0 amide bonds. The lowest BCUT2D eigenvalue weighted by Gasteiger charge is -2.14. The molecule has 0 aromatic heterocycles. The van der Waals surface area contributed by atoms with Gasteiger partial charge in [0.2, 0.25) is 0 Å². The van der Waals surface area contributed by atoms with Crippen LogP contribution in [0.3, 0.4) is 0 Å². The molecule has 0 unspecified atom stereocenters. The van der Waals surface area contributed by atoms with Crippen LogP contribution in [0.15, 0.2) is 0 Å². The SMILES string of the molecule is CCOP(CCCNC)OCC. The molecule has 0 aliphatic rings. The zero-order valence-corrected chi connectivity index (χ0v) is 9.19. The molecule has 4 heteroatoms. The van der Waals surface area contributed by atoms with Crippen LogP contribution >= 0.6 is 8.38 Å². The predicted octanol–water partition coefficient (Wildman–Crippen LogP) is 1.98. The smallest absolute Gasteiger partial charge is 0.170 e. The van der Waals surface area contributed by atoms with Crippen LogP contribution in [0.5, 0.6) is 0 Å². The second-order valence-electron chi connectivity index (χ2n) is 2.35. The Hall–Kier alpha value is 0.310. The standard InChI is InChI=1S/C8H20NO2P/c1-4-10-12(11-5-2)8-6-7-9-3/h9H,4-8H2,1-3H3. The van der Waals surface area contributed by atoms with Crippen molar-refractivity contribution < 1.29 is 9.05 Å². The summed E-state index contributed by atoms with van der Waals surface area (Å²) in [5.41, 5.74) is 0. The van der Waals surface area contributed by atoms with Crippen molar-refractivity contribution in [1.82, 2.24) is 5.32 Å². The van der Waals surface area contributed by atoms with E-state index in [0.717, 1.165) is 32.3 Å². The van der Waals surface area contributed by atoms with Crippen LogP contribution in [0.4, 0.5) is 0 Å². The largest absolute Gasteiger partial charge is 0.334 e. The third-order valence-electron chi connectivity index (χ3n) is 1.31. The zero-order chi connectivity index (χ0) is 9.23. The van der Waals surface area contributed by atoms with Crippen molar-refractivity contribution in [2.24, 2.45) is 0 Å². The van der Waals surface area contributed by atoms with Crippen molar-refractivity contribution in [1.29, 1.82) is 0 Å². The summed E-state index contributed by atoms with van der Waals surface area (Å²) in [6.07, 6.45) is 2.17. The minimum Gasteiger partial charge on any atom is -0.334 e. The summed E-state index contributed by atoms with van der Waals surface area (Å²) in [5.74, 6) is 0. The van der Waals surface area contributed by atoms with Crippen LogP contribution in [-0.2, 0) is 9.05 Å². The Labute approximate surface area is 76.7 Å². The van der Waals surface area contributed by atoms with Crippen molar-refractivity contribution in [2.45, 2.75) is 20.3 Å². The predicted molar refractivity (Wildman–Crippen MR) is 53.6 cm³/mol. The van der Waals surface area contributed by atoms with Crippen molar-refractivity contribution in [3.8, 4) is 0 Å². The molecule has 74 valence electrons. The van der Waals surface area contributed by atoms with Gasteiger partial charge in [-0.3, -0.25) is 0 Å². The molecule has 0 rings (SSSR count). The topological polar surface area (TPSA) is 30.5 Å². The van der Waals surface area contributed by atoms with E-state index < -0.39 is 8.38 Å². The van der Waals surface area contributed by atoms with Gasteiger partial charge < -0.3 is 14.4 Å². The number of rotatable bonds is 8. The van der Waals surface area contributed by atoms with Gasteiger partial charge in [-0.1, -0.05) is 0 Å². The molecule has 0 heterocycles. The van der Waals surface area contributed by atoms with Gasteiger partial charge in [-0.2, -0.15) is 0 Å². The Kier molecular flexibility index (Phi) is 9.64. The summed E-state index contributed by atoms with van der Waals surface area (Å²) in [6, 6.07) is 0. The van der Waals surface area contributed by atoms with Gasteiger partial charge in [0.1, 0.15) is 0 Å². The lowest BCUT2D eigenvalue weighted by Crippen LogP contribution is -2.09. The quantitative estimate of drug-likeness (QED) is 0.472. The van der Waals surface area contributed by atoms with E-state index in [4.69, 9.17) is 9.05 Å². The van der Waals surface area contributed by atoms with Crippen molar-refractivity contribution >= 4 is 8.38 Å². The third kappa shape index (κ3) is 6.99. The highest BCUT2D eigenvalue weighted by atomic mass is 31.2. The lowest BCUT2D eigenvalue weighted by atomic mass is 10.5. The minimum absolute atomic E-state index is 0.612. The van der Waals surface area contributed by atoms with Gasteiger partial charge in [-0.05, 0) is 33.9 Å². The first-order valence-electron chi connectivity index (χ1n) is 4.53. The molecule has 0 saturated carbocycles. The molecule has 0 spiro atoms. The van der Waals surface area contributed by atoms with Crippen molar-refractivity contribution in [2.75, 3.05) is 33.0 Å². The summed E-state index contributed by atoms with van der Waals surface area (Å²) >= 11 is 0. The molecule has 0 aromatic carbocycles. The van der Waals surface area contributed by atoms with Crippen LogP contribution in [0.2, 0.25) is 0 Å². The molecule has 3 nitrogen and oxygen atoms in total. The molecule has 1 N–H and O–H groups in total. The maximum atomic E-state index is 5.44. The van der Waals surface area contributed by atoms with Crippen LogP contribution in [0.1, 0.15) is 20.3 Å². The molecule has 0 atom stereocenters. The van der Waals surface area contributed by atoms with Crippen LogP contribution in [-0.4, -0.2) is 33.0 Å². The Morgan fingerprint density at radius 1 is 1.17 bits per heavy atom. The molecule has 12 heavy (non-hydrogen) atoms. The molecule has 0 radical (unpaired) electrons. The Balaban J connectivity index is 3.34. The minimum atomic E-state index is -0.612. The van der Waals surface area contributed by atoms with E-state index in [-0.39, 0.29) is 0 Å². The first-order chi connectivity index (χ1) is 5.85. The maximum absolute atomic E-state index is 5.44. The van der Waals surface area contributed by atoms with E-state index in [2.05, 4.69) is 5.32 Å². The van der Waals surface area contributed by atoms with E-state index in [1.807, 2.05) is 20.9 Å². The van der Waals surface area contributed by atoms with E-state index in [1.165, 1.54) is 0 Å².